The number of esters is 1. The van der Waals surface area contributed by atoms with Gasteiger partial charge in [0.1, 0.15) is 0 Å². The zero-order valence-electron chi connectivity index (χ0n) is 9.80. The molecule has 0 aliphatic heterocycles. The predicted molar refractivity (Wildman–Crippen MR) is 60.5 cm³/mol. The van der Waals surface area contributed by atoms with Crippen molar-refractivity contribution in [3.05, 3.63) is 29.3 Å². The van der Waals surface area contributed by atoms with E-state index in [2.05, 4.69) is 0 Å². The van der Waals surface area contributed by atoms with Crippen LogP contribution in [-0.2, 0) is 4.74 Å². The summed E-state index contributed by atoms with van der Waals surface area (Å²) >= 11 is 0. The summed E-state index contributed by atoms with van der Waals surface area (Å²) in [6, 6.07) is 1.53. The van der Waals surface area contributed by atoms with E-state index in [-0.39, 0.29) is 23.8 Å². The highest BCUT2D eigenvalue weighted by molar-refractivity contribution is 5.95. The van der Waals surface area contributed by atoms with Crippen LogP contribution in [0.4, 0.5) is 14.5 Å². The first-order valence-corrected chi connectivity index (χ1v) is 5.37. The molecule has 94 valence electrons. The zero-order chi connectivity index (χ0) is 13.0. The van der Waals surface area contributed by atoms with Crippen LogP contribution in [0.1, 0.15) is 30.6 Å². The number of hydrogen-bond donors (Lipinski definition) is 1. The maximum Gasteiger partial charge on any atom is 0.340 e. The molecule has 0 radical (unpaired) electrons. The Labute approximate surface area is 98.6 Å². The van der Waals surface area contributed by atoms with Crippen molar-refractivity contribution in [1.82, 2.24) is 0 Å². The lowest BCUT2D eigenvalue weighted by molar-refractivity contribution is 0.0447. The maximum absolute atomic E-state index is 12.9. The molecule has 0 saturated heterocycles. The minimum Gasteiger partial charge on any atom is -0.462 e. The summed E-state index contributed by atoms with van der Waals surface area (Å²) in [5, 5.41) is 0. The molecular weight excluding hydrogens is 228 g/mol. The van der Waals surface area contributed by atoms with Gasteiger partial charge in [-0.25, -0.2) is 13.6 Å². The highest BCUT2D eigenvalue weighted by Gasteiger charge is 2.16. The molecule has 0 amide bonds. The molecule has 1 aromatic carbocycles. The van der Waals surface area contributed by atoms with Crippen LogP contribution in [0.5, 0.6) is 0 Å². The summed E-state index contributed by atoms with van der Waals surface area (Å²) in [6.45, 7) is 4.11. The van der Waals surface area contributed by atoms with E-state index in [4.69, 9.17) is 10.5 Å². The molecule has 0 aromatic heterocycles. The van der Waals surface area contributed by atoms with E-state index < -0.39 is 17.6 Å². The van der Waals surface area contributed by atoms with Crippen molar-refractivity contribution in [3.8, 4) is 0 Å². The molecule has 0 spiro atoms. The van der Waals surface area contributed by atoms with Crippen molar-refractivity contribution in [3.63, 3.8) is 0 Å². The summed E-state index contributed by atoms with van der Waals surface area (Å²) in [5.41, 5.74) is 5.15. The summed E-state index contributed by atoms with van der Waals surface area (Å²) in [5.74, 6) is -2.72. The van der Waals surface area contributed by atoms with Crippen molar-refractivity contribution < 1.29 is 18.3 Å². The Morgan fingerprint density at radius 1 is 1.41 bits per heavy atom. The number of nitrogen functional groups attached to an aromatic ring is 1. The molecule has 1 atom stereocenters. The van der Waals surface area contributed by atoms with Crippen LogP contribution in [-0.4, -0.2) is 12.6 Å². The number of nitrogens with two attached hydrogens (primary N) is 1. The van der Waals surface area contributed by atoms with Crippen LogP contribution in [0.2, 0.25) is 0 Å². The van der Waals surface area contributed by atoms with E-state index in [1.54, 1.807) is 0 Å². The molecule has 1 unspecified atom stereocenters. The smallest absolute Gasteiger partial charge is 0.340 e. The third-order valence-electron chi connectivity index (χ3n) is 2.51. The second-order valence-electron chi connectivity index (χ2n) is 3.97. The fraction of sp³-hybridized carbons (Fsp3) is 0.417. The SMILES string of the molecule is CCC(C)COC(=O)c1cc(F)c(F)cc1N. The van der Waals surface area contributed by atoms with Crippen LogP contribution in [0.25, 0.3) is 0 Å². The molecule has 17 heavy (non-hydrogen) atoms. The molecule has 0 saturated carbocycles. The largest absolute Gasteiger partial charge is 0.462 e. The normalized spacial score (nSPS) is 12.2. The highest BCUT2D eigenvalue weighted by Crippen LogP contribution is 2.18. The number of benzene rings is 1. The third kappa shape index (κ3) is 3.41. The molecule has 0 aliphatic rings. The lowest BCUT2D eigenvalue weighted by Crippen LogP contribution is -2.14. The lowest BCUT2D eigenvalue weighted by Gasteiger charge is -2.11. The molecule has 0 bridgehead atoms. The van der Waals surface area contributed by atoms with Gasteiger partial charge < -0.3 is 10.5 Å². The summed E-state index contributed by atoms with van der Waals surface area (Å²) < 4.78 is 30.7. The standard InChI is InChI=1S/C12H15F2NO2/c1-3-7(2)6-17-12(16)8-4-9(13)10(14)5-11(8)15/h4-5,7H,3,6,15H2,1-2H3. The van der Waals surface area contributed by atoms with Crippen molar-refractivity contribution in [2.45, 2.75) is 20.3 Å². The van der Waals surface area contributed by atoms with Gasteiger partial charge >= 0.3 is 5.97 Å². The van der Waals surface area contributed by atoms with Crippen LogP contribution >= 0.6 is 0 Å². The van der Waals surface area contributed by atoms with E-state index in [1.807, 2.05) is 13.8 Å². The Hall–Kier alpha value is -1.65. The molecule has 3 nitrogen and oxygen atoms in total. The Kier molecular flexibility index (Phi) is 4.43. The third-order valence-corrected chi connectivity index (χ3v) is 2.51. The second-order valence-corrected chi connectivity index (χ2v) is 3.97. The average Bonchev–Trinajstić information content (AvgIpc) is 2.30. The van der Waals surface area contributed by atoms with Crippen molar-refractivity contribution in [2.75, 3.05) is 12.3 Å². The quantitative estimate of drug-likeness (QED) is 0.653. The molecular formula is C12H15F2NO2. The van der Waals surface area contributed by atoms with Crippen molar-refractivity contribution in [2.24, 2.45) is 5.92 Å². The average molecular weight is 243 g/mol. The summed E-state index contributed by atoms with van der Waals surface area (Å²) in [6.07, 6.45) is 0.862. The predicted octanol–water partition coefficient (Wildman–Crippen LogP) is 2.75. The molecule has 1 aromatic rings. The van der Waals surface area contributed by atoms with E-state index >= 15 is 0 Å². The molecule has 0 aliphatic carbocycles. The monoisotopic (exact) mass is 243 g/mol. The first kappa shape index (κ1) is 13.4. The molecule has 0 fully saturated rings. The van der Waals surface area contributed by atoms with Gasteiger partial charge in [-0.1, -0.05) is 20.3 Å². The molecule has 0 heterocycles. The second kappa shape index (κ2) is 5.61. The van der Waals surface area contributed by atoms with Crippen molar-refractivity contribution >= 4 is 11.7 Å². The lowest BCUT2D eigenvalue weighted by atomic mass is 10.1. The number of hydrogen-bond acceptors (Lipinski definition) is 3. The zero-order valence-corrected chi connectivity index (χ0v) is 9.80. The van der Waals surface area contributed by atoms with Crippen LogP contribution in [0.3, 0.4) is 0 Å². The fourth-order valence-corrected chi connectivity index (χ4v) is 1.15. The number of anilines is 1. The molecule has 2 N–H and O–H groups in total. The van der Waals surface area contributed by atoms with Gasteiger partial charge in [0.05, 0.1) is 12.2 Å². The minimum absolute atomic E-state index is 0.127. The molecule has 1 rings (SSSR count). The molecule has 5 heteroatoms. The van der Waals surface area contributed by atoms with Gasteiger partial charge in [0.15, 0.2) is 11.6 Å². The van der Waals surface area contributed by atoms with E-state index in [0.717, 1.165) is 18.6 Å². The first-order chi connectivity index (χ1) is 7.95. The van der Waals surface area contributed by atoms with E-state index in [0.29, 0.717) is 0 Å². The van der Waals surface area contributed by atoms with Gasteiger partial charge in [-0.15, -0.1) is 0 Å². The number of ether oxygens (including phenoxy) is 1. The van der Waals surface area contributed by atoms with E-state index in [1.165, 1.54) is 0 Å². The number of rotatable bonds is 4. The minimum atomic E-state index is -1.12. The Morgan fingerprint density at radius 2 is 2.00 bits per heavy atom. The van der Waals surface area contributed by atoms with Gasteiger partial charge in [0.2, 0.25) is 0 Å². The van der Waals surface area contributed by atoms with Gasteiger partial charge in [0, 0.05) is 11.8 Å². The fourth-order valence-electron chi connectivity index (χ4n) is 1.15. The highest BCUT2D eigenvalue weighted by atomic mass is 19.2. The van der Waals surface area contributed by atoms with Gasteiger partial charge in [0.25, 0.3) is 0 Å². The summed E-state index contributed by atoms with van der Waals surface area (Å²) in [4.78, 5) is 11.6. The van der Waals surface area contributed by atoms with Gasteiger partial charge in [-0.3, -0.25) is 0 Å². The number of halogens is 2. The van der Waals surface area contributed by atoms with E-state index in [9.17, 15) is 13.6 Å². The Balaban J connectivity index is 2.79. The van der Waals surface area contributed by atoms with Gasteiger partial charge in [-0.2, -0.15) is 0 Å². The van der Waals surface area contributed by atoms with Crippen LogP contribution in [0.15, 0.2) is 12.1 Å². The van der Waals surface area contributed by atoms with Crippen LogP contribution < -0.4 is 5.73 Å². The topological polar surface area (TPSA) is 52.3 Å². The summed E-state index contributed by atoms with van der Waals surface area (Å²) in [7, 11) is 0. The maximum atomic E-state index is 12.9. The number of carbonyl (C=O) groups is 1. The first-order valence-electron chi connectivity index (χ1n) is 5.37. The Morgan fingerprint density at radius 3 is 2.59 bits per heavy atom. The number of carbonyl (C=O) groups excluding carboxylic acids is 1. The van der Waals surface area contributed by atoms with Crippen molar-refractivity contribution in [1.29, 1.82) is 0 Å². The van der Waals surface area contributed by atoms with Gasteiger partial charge in [-0.05, 0) is 12.0 Å². The van der Waals surface area contributed by atoms with Crippen LogP contribution in [0, 0.1) is 17.6 Å². The Bertz CT molecular complexity index is 421.